The first-order valence-corrected chi connectivity index (χ1v) is 6.04. The van der Waals surface area contributed by atoms with Crippen LogP contribution in [0.4, 0.5) is 4.79 Å². The monoisotopic (exact) mass is 225 g/mol. The first-order chi connectivity index (χ1) is 7.40. The highest BCUT2D eigenvalue weighted by Crippen LogP contribution is 2.23. The van der Waals surface area contributed by atoms with Crippen LogP contribution in [0.15, 0.2) is 11.6 Å². The molecule has 16 heavy (non-hydrogen) atoms. The van der Waals surface area contributed by atoms with Gasteiger partial charge in [-0.15, -0.1) is 0 Å². The second-order valence-corrected chi connectivity index (χ2v) is 5.39. The molecule has 3 nitrogen and oxygen atoms in total. The van der Waals surface area contributed by atoms with Gasteiger partial charge >= 0.3 is 6.09 Å². The van der Waals surface area contributed by atoms with E-state index in [-0.39, 0.29) is 12.1 Å². The Hall–Kier alpha value is -0.990. The average molecular weight is 225 g/mol. The Balaban J connectivity index is 2.39. The average Bonchev–Trinajstić information content (AvgIpc) is 2.15. The normalized spacial score (nSPS) is 24.2. The van der Waals surface area contributed by atoms with Crippen molar-refractivity contribution in [1.29, 1.82) is 0 Å². The number of carbonyl (C=O) groups is 1. The summed E-state index contributed by atoms with van der Waals surface area (Å²) in [4.78, 5) is 11.6. The van der Waals surface area contributed by atoms with E-state index in [0.717, 1.165) is 19.3 Å². The van der Waals surface area contributed by atoms with Crippen LogP contribution in [0.1, 0.15) is 53.4 Å². The molecule has 0 radical (unpaired) electrons. The fourth-order valence-electron chi connectivity index (χ4n) is 1.96. The van der Waals surface area contributed by atoms with Gasteiger partial charge in [0.2, 0.25) is 0 Å². The molecule has 0 aromatic carbocycles. The maximum Gasteiger partial charge on any atom is 0.407 e. The van der Waals surface area contributed by atoms with Gasteiger partial charge in [-0.05, 0) is 53.4 Å². The van der Waals surface area contributed by atoms with Crippen LogP contribution in [-0.2, 0) is 4.74 Å². The second kappa shape index (κ2) is 5.37. The van der Waals surface area contributed by atoms with E-state index in [4.69, 9.17) is 4.74 Å². The van der Waals surface area contributed by atoms with Crippen LogP contribution in [0.2, 0.25) is 0 Å². The van der Waals surface area contributed by atoms with E-state index in [0.29, 0.717) is 0 Å². The molecule has 0 heterocycles. The van der Waals surface area contributed by atoms with Crippen molar-refractivity contribution in [2.24, 2.45) is 0 Å². The molecule has 1 fully saturated rings. The molecule has 1 rings (SSSR count). The van der Waals surface area contributed by atoms with Gasteiger partial charge in [-0.25, -0.2) is 4.79 Å². The lowest BCUT2D eigenvalue weighted by molar-refractivity contribution is 0.0498. The summed E-state index contributed by atoms with van der Waals surface area (Å²) in [6.07, 6.45) is 6.20. The summed E-state index contributed by atoms with van der Waals surface area (Å²) in [5, 5.41) is 2.94. The van der Waals surface area contributed by atoms with E-state index >= 15 is 0 Å². The molecule has 0 saturated heterocycles. The Morgan fingerprint density at radius 3 is 2.75 bits per heavy atom. The number of hydrogen-bond acceptors (Lipinski definition) is 2. The number of hydrogen-bond donors (Lipinski definition) is 1. The quantitative estimate of drug-likeness (QED) is 0.694. The fourth-order valence-corrected chi connectivity index (χ4v) is 1.96. The van der Waals surface area contributed by atoms with Gasteiger partial charge in [0.1, 0.15) is 5.60 Å². The first-order valence-electron chi connectivity index (χ1n) is 6.04. The lowest BCUT2D eigenvalue weighted by atomic mass is 9.91. The predicted octanol–water partition coefficient (Wildman–Crippen LogP) is 3.40. The van der Waals surface area contributed by atoms with Crippen molar-refractivity contribution in [1.82, 2.24) is 5.32 Å². The molecule has 1 aliphatic rings. The molecule has 0 aliphatic heterocycles. The lowest BCUT2D eigenvalue weighted by Gasteiger charge is -2.27. The van der Waals surface area contributed by atoms with Crippen LogP contribution in [0.5, 0.6) is 0 Å². The van der Waals surface area contributed by atoms with Gasteiger partial charge in [-0.2, -0.15) is 0 Å². The molecule has 1 atom stereocenters. The number of allylic oxidation sites excluding steroid dienone is 1. The Kier molecular flexibility index (Phi) is 4.39. The molecule has 92 valence electrons. The third-order valence-electron chi connectivity index (χ3n) is 2.69. The SMILES string of the molecule is CC=C1CCCC(NC(=O)OC(C)(C)C)C1. The minimum atomic E-state index is -0.415. The Labute approximate surface area is 98.2 Å². The van der Waals surface area contributed by atoms with E-state index in [1.54, 1.807) is 0 Å². The topological polar surface area (TPSA) is 38.3 Å². The zero-order valence-electron chi connectivity index (χ0n) is 10.8. The van der Waals surface area contributed by atoms with Gasteiger partial charge in [0.15, 0.2) is 0 Å². The summed E-state index contributed by atoms with van der Waals surface area (Å²) in [5.41, 5.74) is 1.02. The van der Waals surface area contributed by atoms with Crippen molar-refractivity contribution in [3.8, 4) is 0 Å². The van der Waals surface area contributed by atoms with E-state index in [2.05, 4.69) is 18.3 Å². The van der Waals surface area contributed by atoms with Crippen molar-refractivity contribution in [3.63, 3.8) is 0 Å². The minimum absolute atomic E-state index is 0.245. The highest BCUT2D eigenvalue weighted by Gasteiger charge is 2.22. The zero-order chi connectivity index (χ0) is 12.2. The Morgan fingerprint density at radius 1 is 1.50 bits per heavy atom. The molecular formula is C13H23NO2. The number of rotatable bonds is 1. The van der Waals surface area contributed by atoms with E-state index < -0.39 is 5.60 Å². The second-order valence-electron chi connectivity index (χ2n) is 5.39. The van der Waals surface area contributed by atoms with E-state index in [1.165, 1.54) is 12.0 Å². The fraction of sp³-hybridized carbons (Fsp3) is 0.769. The molecule has 1 N–H and O–H groups in total. The summed E-state index contributed by atoms with van der Waals surface area (Å²) < 4.78 is 5.24. The van der Waals surface area contributed by atoms with Gasteiger partial charge < -0.3 is 10.1 Å². The number of amides is 1. The summed E-state index contributed by atoms with van der Waals surface area (Å²) in [5.74, 6) is 0. The maximum atomic E-state index is 11.6. The Bertz CT molecular complexity index is 276. The summed E-state index contributed by atoms with van der Waals surface area (Å²) in [7, 11) is 0. The molecular weight excluding hydrogens is 202 g/mol. The molecule has 0 aromatic rings. The van der Waals surface area contributed by atoms with Crippen molar-refractivity contribution in [2.45, 2.75) is 65.0 Å². The van der Waals surface area contributed by atoms with Gasteiger partial charge in [0.05, 0.1) is 0 Å². The number of nitrogens with one attached hydrogen (secondary N) is 1. The summed E-state index contributed by atoms with van der Waals surface area (Å²) >= 11 is 0. The molecule has 1 aliphatic carbocycles. The lowest BCUT2D eigenvalue weighted by Crippen LogP contribution is -2.40. The van der Waals surface area contributed by atoms with Gasteiger partial charge in [-0.1, -0.05) is 11.6 Å². The van der Waals surface area contributed by atoms with Crippen LogP contribution in [0, 0.1) is 0 Å². The number of alkyl carbamates (subject to hydrolysis) is 1. The van der Waals surface area contributed by atoms with Crippen molar-refractivity contribution in [3.05, 3.63) is 11.6 Å². The molecule has 1 amide bonds. The molecule has 0 bridgehead atoms. The Morgan fingerprint density at radius 2 is 2.19 bits per heavy atom. The molecule has 0 spiro atoms. The third kappa shape index (κ3) is 4.69. The van der Waals surface area contributed by atoms with Crippen molar-refractivity contribution in [2.75, 3.05) is 0 Å². The smallest absolute Gasteiger partial charge is 0.407 e. The third-order valence-corrected chi connectivity index (χ3v) is 2.69. The highest BCUT2D eigenvalue weighted by atomic mass is 16.6. The molecule has 1 saturated carbocycles. The minimum Gasteiger partial charge on any atom is -0.444 e. The zero-order valence-corrected chi connectivity index (χ0v) is 10.8. The standard InChI is InChI=1S/C13H23NO2/c1-5-10-7-6-8-11(9-10)14-12(15)16-13(2,3)4/h5,11H,6-9H2,1-4H3,(H,14,15). The molecule has 0 aromatic heterocycles. The molecule has 1 unspecified atom stereocenters. The van der Waals surface area contributed by atoms with E-state index in [1.807, 2.05) is 20.8 Å². The highest BCUT2D eigenvalue weighted by molar-refractivity contribution is 5.68. The van der Waals surface area contributed by atoms with Crippen molar-refractivity contribution < 1.29 is 9.53 Å². The van der Waals surface area contributed by atoms with Crippen LogP contribution in [0.3, 0.4) is 0 Å². The van der Waals surface area contributed by atoms with Gasteiger partial charge in [0.25, 0.3) is 0 Å². The van der Waals surface area contributed by atoms with Gasteiger partial charge in [-0.3, -0.25) is 0 Å². The van der Waals surface area contributed by atoms with Crippen LogP contribution in [-0.4, -0.2) is 17.7 Å². The first kappa shape index (κ1) is 13.1. The largest absolute Gasteiger partial charge is 0.444 e. The van der Waals surface area contributed by atoms with Crippen LogP contribution >= 0.6 is 0 Å². The number of ether oxygens (including phenoxy) is 1. The summed E-state index contributed by atoms with van der Waals surface area (Å²) in [6.45, 7) is 7.70. The number of carbonyl (C=O) groups excluding carboxylic acids is 1. The predicted molar refractivity (Wildman–Crippen MR) is 65.4 cm³/mol. The van der Waals surface area contributed by atoms with Crippen molar-refractivity contribution >= 4 is 6.09 Å². The molecule has 3 heteroatoms. The van der Waals surface area contributed by atoms with E-state index in [9.17, 15) is 4.79 Å². The summed E-state index contributed by atoms with van der Waals surface area (Å²) in [6, 6.07) is 0.245. The van der Waals surface area contributed by atoms with Crippen LogP contribution < -0.4 is 5.32 Å². The maximum absolute atomic E-state index is 11.6. The van der Waals surface area contributed by atoms with Gasteiger partial charge in [0, 0.05) is 6.04 Å². The van der Waals surface area contributed by atoms with Crippen LogP contribution in [0.25, 0.3) is 0 Å².